The molecule has 7 heteroatoms. The zero-order chi connectivity index (χ0) is 12.0. The molecule has 0 aliphatic carbocycles. The summed E-state index contributed by atoms with van der Waals surface area (Å²) in [5, 5.41) is 0.359. The highest BCUT2D eigenvalue weighted by Gasteiger charge is 2.11. The topological polar surface area (TPSA) is 64.7 Å². The Balaban J connectivity index is 2.48. The maximum absolute atomic E-state index is 5.72. The van der Waals surface area contributed by atoms with Gasteiger partial charge in [0.15, 0.2) is 0 Å². The Kier molecular flexibility index (Phi) is 6.23. The third kappa shape index (κ3) is 4.76. The second kappa shape index (κ2) is 7.19. The number of aromatic nitrogens is 3. The molecule has 0 aliphatic heterocycles. The highest BCUT2D eigenvalue weighted by atomic mass is 35.5. The van der Waals surface area contributed by atoms with Crippen LogP contribution in [0.15, 0.2) is 0 Å². The first-order valence-electron chi connectivity index (χ1n) is 4.99. The zero-order valence-electron chi connectivity index (χ0n) is 9.31. The maximum Gasteiger partial charge on any atom is 0.227 e. The first kappa shape index (κ1) is 13.9. The van der Waals surface area contributed by atoms with Gasteiger partial charge in [0, 0.05) is 11.5 Å². The summed E-state index contributed by atoms with van der Waals surface area (Å²) in [5.74, 6) is 4.21. The van der Waals surface area contributed by atoms with E-state index in [4.69, 9.17) is 17.3 Å². The summed E-state index contributed by atoms with van der Waals surface area (Å²) in [6, 6.07) is 0. The fraction of sp³-hybridized carbons (Fsp3) is 0.667. The molecule has 1 atom stereocenters. The maximum atomic E-state index is 5.72. The Morgan fingerprint density at radius 1 is 1.31 bits per heavy atom. The van der Waals surface area contributed by atoms with E-state index in [1.165, 1.54) is 0 Å². The van der Waals surface area contributed by atoms with Crippen molar-refractivity contribution in [1.29, 1.82) is 0 Å². The molecule has 1 aromatic rings. The summed E-state index contributed by atoms with van der Waals surface area (Å²) in [6.07, 6.45) is 0. The Morgan fingerprint density at radius 3 is 2.69 bits per heavy atom. The van der Waals surface area contributed by atoms with Crippen molar-refractivity contribution in [3.8, 4) is 0 Å². The minimum Gasteiger partial charge on any atom is -0.368 e. The van der Waals surface area contributed by atoms with Crippen LogP contribution in [0.3, 0.4) is 0 Å². The van der Waals surface area contributed by atoms with Crippen molar-refractivity contribution >= 4 is 41.1 Å². The molecule has 0 saturated carbocycles. The second-order valence-corrected chi connectivity index (χ2v) is 6.21. The standard InChI is InChI=1S/C9H15ClN4S2/c1-3-15-4-5-16-6(2)7-12-8(10)14-9(11)13-7/h6H,3-5H2,1-2H3,(H2,11,12,13,14). The van der Waals surface area contributed by atoms with Gasteiger partial charge in [0.25, 0.3) is 0 Å². The van der Waals surface area contributed by atoms with Gasteiger partial charge in [0.1, 0.15) is 5.82 Å². The van der Waals surface area contributed by atoms with Gasteiger partial charge in [-0.05, 0) is 24.3 Å². The van der Waals surface area contributed by atoms with Crippen molar-refractivity contribution < 1.29 is 0 Å². The number of anilines is 1. The van der Waals surface area contributed by atoms with Gasteiger partial charge >= 0.3 is 0 Å². The van der Waals surface area contributed by atoms with Crippen molar-refractivity contribution in [1.82, 2.24) is 15.0 Å². The fourth-order valence-corrected chi connectivity index (χ4v) is 2.99. The predicted molar refractivity (Wildman–Crippen MR) is 73.1 cm³/mol. The van der Waals surface area contributed by atoms with Crippen LogP contribution in [0, 0.1) is 0 Å². The van der Waals surface area contributed by atoms with Crippen LogP contribution in [-0.2, 0) is 0 Å². The summed E-state index contributed by atoms with van der Waals surface area (Å²) in [6.45, 7) is 4.21. The largest absolute Gasteiger partial charge is 0.368 e. The molecule has 0 fully saturated rings. The van der Waals surface area contributed by atoms with E-state index < -0.39 is 0 Å². The van der Waals surface area contributed by atoms with Gasteiger partial charge in [-0.25, -0.2) is 4.98 Å². The summed E-state index contributed by atoms with van der Waals surface area (Å²) in [5.41, 5.74) is 5.51. The molecule has 1 heterocycles. The van der Waals surface area contributed by atoms with E-state index in [1.54, 1.807) is 11.8 Å². The van der Waals surface area contributed by atoms with E-state index in [-0.39, 0.29) is 16.5 Å². The minimum absolute atomic E-state index is 0.165. The summed E-state index contributed by atoms with van der Waals surface area (Å²) < 4.78 is 0. The molecule has 2 N–H and O–H groups in total. The highest BCUT2D eigenvalue weighted by Crippen LogP contribution is 2.26. The Labute approximate surface area is 109 Å². The third-order valence-corrected chi connectivity index (χ3v) is 4.29. The summed E-state index contributed by atoms with van der Waals surface area (Å²) >= 11 is 9.45. The SMILES string of the molecule is CCSCCSC(C)c1nc(N)nc(Cl)n1. The first-order chi connectivity index (χ1) is 7.63. The van der Waals surface area contributed by atoms with E-state index in [0.717, 1.165) is 17.3 Å². The molecule has 4 nitrogen and oxygen atoms in total. The normalized spacial score (nSPS) is 12.7. The number of nitrogens with two attached hydrogens (primary N) is 1. The lowest BCUT2D eigenvalue weighted by atomic mass is 10.4. The van der Waals surface area contributed by atoms with Gasteiger partial charge < -0.3 is 5.73 Å². The first-order valence-corrected chi connectivity index (χ1v) is 7.58. The number of thioether (sulfide) groups is 2. The molecule has 90 valence electrons. The number of nitrogens with zero attached hydrogens (tertiary/aromatic N) is 3. The van der Waals surface area contributed by atoms with Crippen molar-refractivity contribution in [2.45, 2.75) is 19.1 Å². The van der Waals surface area contributed by atoms with Gasteiger partial charge in [0.05, 0.1) is 5.25 Å². The Morgan fingerprint density at radius 2 is 2.06 bits per heavy atom. The molecule has 0 amide bonds. The minimum atomic E-state index is 0.165. The monoisotopic (exact) mass is 278 g/mol. The van der Waals surface area contributed by atoms with Gasteiger partial charge in [-0.2, -0.15) is 21.7 Å². The van der Waals surface area contributed by atoms with Crippen LogP contribution in [0.5, 0.6) is 0 Å². The second-order valence-electron chi connectivity index (χ2n) is 3.03. The molecule has 0 spiro atoms. The van der Waals surface area contributed by atoms with Crippen molar-refractivity contribution in [3.63, 3.8) is 0 Å². The predicted octanol–water partition coefficient (Wildman–Crippen LogP) is 2.65. The molecular formula is C9H15ClN4S2. The molecular weight excluding hydrogens is 264 g/mol. The van der Waals surface area contributed by atoms with E-state index in [1.807, 2.05) is 18.7 Å². The molecule has 0 aromatic carbocycles. The average Bonchev–Trinajstić information content (AvgIpc) is 2.22. The van der Waals surface area contributed by atoms with Crippen LogP contribution in [0.4, 0.5) is 5.95 Å². The molecule has 0 radical (unpaired) electrons. The lowest BCUT2D eigenvalue weighted by molar-refractivity contribution is 0.891. The zero-order valence-corrected chi connectivity index (χ0v) is 11.7. The molecule has 1 unspecified atom stereocenters. The quantitative estimate of drug-likeness (QED) is 0.807. The van der Waals surface area contributed by atoms with Crippen LogP contribution in [0.2, 0.25) is 5.28 Å². The van der Waals surface area contributed by atoms with E-state index in [2.05, 4.69) is 21.9 Å². The van der Waals surface area contributed by atoms with Gasteiger partial charge in [0.2, 0.25) is 11.2 Å². The van der Waals surface area contributed by atoms with Crippen molar-refractivity contribution in [2.75, 3.05) is 23.0 Å². The number of nitrogen functional groups attached to an aromatic ring is 1. The van der Waals surface area contributed by atoms with Gasteiger partial charge in [-0.3, -0.25) is 0 Å². The smallest absolute Gasteiger partial charge is 0.227 e. The Hall–Kier alpha value is -0.200. The lowest BCUT2D eigenvalue weighted by Crippen LogP contribution is -2.05. The number of halogens is 1. The third-order valence-electron chi connectivity index (χ3n) is 1.81. The molecule has 0 aliphatic rings. The number of hydrogen-bond donors (Lipinski definition) is 1. The van der Waals surface area contributed by atoms with Crippen LogP contribution < -0.4 is 5.73 Å². The van der Waals surface area contributed by atoms with E-state index >= 15 is 0 Å². The summed E-state index contributed by atoms with van der Waals surface area (Å²) in [4.78, 5) is 11.9. The molecule has 1 aromatic heterocycles. The van der Waals surface area contributed by atoms with Crippen LogP contribution in [0.1, 0.15) is 24.9 Å². The number of hydrogen-bond acceptors (Lipinski definition) is 6. The molecule has 0 saturated heterocycles. The Bertz CT molecular complexity index is 317. The highest BCUT2D eigenvalue weighted by molar-refractivity contribution is 8.03. The van der Waals surface area contributed by atoms with E-state index in [9.17, 15) is 0 Å². The summed E-state index contributed by atoms with van der Waals surface area (Å²) in [7, 11) is 0. The van der Waals surface area contributed by atoms with Crippen molar-refractivity contribution in [3.05, 3.63) is 11.1 Å². The van der Waals surface area contributed by atoms with Crippen LogP contribution in [-0.4, -0.2) is 32.2 Å². The van der Waals surface area contributed by atoms with Crippen molar-refractivity contribution in [2.24, 2.45) is 0 Å². The molecule has 16 heavy (non-hydrogen) atoms. The van der Waals surface area contributed by atoms with Gasteiger partial charge in [-0.15, -0.1) is 11.8 Å². The lowest BCUT2D eigenvalue weighted by Gasteiger charge is -2.09. The average molecular weight is 279 g/mol. The molecule has 0 bridgehead atoms. The van der Waals surface area contributed by atoms with E-state index in [0.29, 0.717) is 5.82 Å². The molecule has 1 rings (SSSR count). The van der Waals surface area contributed by atoms with Crippen LogP contribution >= 0.6 is 35.1 Å². The van der Waals surface area contributed by atoms with Crippen LogP contribution in [0.25, 0.3) is 0 Å². The fourth-order valence-electron chi connectivity index (χ4n) is 1.07. The number of rotatable bonds is 6. The van der Waals surface area contributed by atoms with Gasteiger partial charge in [-0.1, -0.05) is 6.92 Å².